The quantitative estimate of drug-likeness (QED) is 0.684. The van der Waals surface area contributed by atoms with Crippen LogP contribution in [0.25, 0.3) is 0 Å². The molecule has 3 rings (SSSR count). The second-order valence-corrected chi connectivity index (χ2v) is 8.22. The van der Waals surface area contributed by atoms with Gasteiger partial charge in [0.05, 0.1) is 13.7 Å². The molecule has 0 aliphatic carbocycles. The first-order chi connectivity index (χ1) is 15.4. The van der Waals surface area contributed by atoms with Crippen LogP contribution in [0.5, 0.6) is 5.75 Å². The summed E-state index contributed by atoms with van der Waals surface area (Å²) in [6.07, 6.45) is 2.01. The molecule has 0 unspecified atom stereocenters. The number of nitrogens with one attached hydrogen (secondary N) is 1. The SMILES string of the molecule is COc1ccc(CCC(=O)N2CCCN(CC(=O)NCc3ccc(C)c(F)c3)CC2)cc1. The number of hydrogen-bond donors (Lipinski definition) is 1. The highest BCUT2D eigenvalue weighted by atomic mass is 19.1. The van der Waals surface area contributed by atoms with Crippen LogP contribution in [-0.2, 0) is 22.6 Å². The number of halogens is 1. The molecule has 1 heterocycles. The number of carbonyl (C=O) groups is 2. The fourth-order valence-corrected chi connectivity index (χ4v) is 3.79. The minimum absolute atomic E-state index is 0.0923. The lowest BCUT2D eigenvalue weighted by Crippen LogP contribution is -2.40. The number of amides is 2. The molecule has 32 heavy (non-hydrogen) atoms. The monoisotopic (exact) mass is 441 g/mol. The standard InChI is InChI=1S/C25H32FN3O3/c1-19-4-5-21(16-23(19)26)17-27-24(30)18-28-12-3-13-29(15-14-28)25(31)11-8-20-6-9-22(32-2)10-7-20/h4-7,9-10,16H,3,8,11-15,17-18H2,1-2H3,(H,27,30). The molecule has 0 aromatic heterocycles. The second-order valence-electron chi connectivity index (χ2n) is 8.22. The number of hydrogen-bond acceptors (Lipinski definition) is 4. The van der Waals surface area contributed by atoms with Crippen molar-refractivity contribution in [1.29, 1.82) is 0 Å². The second kappa shape index (κ2) is 11.6. The topological polar surface area (TPSA) is 61.9 Å². The number of nitrogens with zero attached hydrogens (tertiary/aromatic N) is 2. The van der Waals surface area contributed by atoms with Crippen LogP contribution in [0, 0.1) is 12.7 Å². The Morgan fingerprint density at radius 1 is 1.03 bits per heavy atom. The van der Waals surface area contributed by atoms with Crippen LogP contribution in [0.4, 0.5) is 4.39 Å². The molecule has 0 saturated carbocycles. The number of rotatable bonds is 8. The van der Waals surface area contributed by atoms with E-state index in [4.69, 9.17) is 4.74 Å². The smallest absolute Gasteiger partial charge is 0.234 e. The average molecular weight is 442 g/mol. The molecule has 6 nitrogen and oxygen atoms in total. The summed E-state index contributed by atoms with van der Waals surface area (Å²) in [6, 6.07) is 12.8. The molecule has 2 aromatic rings. The third kappa shape index (κ3) is 7.05. The van der Waals surface area contributed by atoms with E-state index in [9.17, 15) is 14.0 Å². The summed E-state index contributed by atoms with van der Waals surface area (Å²) < 4.78 is 18.8. The summed E-state index contributed by atoms with van der Waals surface area (Å²) in [5.74, 6) is 0.600. The van der Waals surface area contributed by atoms with Gasteiger partial charge in [0.25, 0.3) is 0 Å². The van der Waals surface area contributed by atoms with E-state index in [1.54, 1.807) is 20.1 Å². The molecule has 0 spiro atoms. The van der Waals surface area contributed by atoms with Crippen molar-refractivity contribution in [2.45, 2.75) is 32.7 Å². The number of methoxy groups -OCH3 is 1. The lowest BCUT2D eigenvalue weighted by molar-refractivity contribution is -0.131. The van der Waals surface area contributed by atoms with Gasteiger partial charge in [-0.25, -0.2) is 4.39 Å². The first kappa shape index (κ1) is 23.7. The molecule has 1 aliphatic rings. The van der Waals surface area contributed by atoms with Gasteiger partial charge in [-0.3, -0.25) is 14.5 Å². The van der Waals surface area contributed by atoms with Crippen molar-refractivity contribution in [3.8, 4) is 5.75 Å². The molecule has 7 heteroatoms. The Bertz CT molecular complexity index is 917. The van der Waals surface area contributed by atoms with Crippen LogP contribution in [0.2, 0.25) is 0 Å². The van der Waals surface area contributed by atoms with Gasteiger partial charge in [0.15, 0.2) is 0 Å². The zero-order valence-corrected chi connectivity index (χ0v) is 18.9. The van der Waals surface area contributed by atoms with Gasteiger partial charge in [0, 0.05) is 39.1 Å². The Balaban J connectivity index is 1.40. The Morgan fingerprint density at radius 2 is 1.78 bits per heavy atom. The van der Waals surface area contributed by atoms with Crippen molar-refractivity contribution in [1.82, 2.24) is 15.1 Å². The van der Waals surface area contributed by atoms with Gasteiger partial charge in [-0.15, -0.1) is 0 Å². The van der Waals surface area contributed by atoms with E-state index in [1.165, 1.54) is 6.07 Å². The van der Waals surface area contributed by atoms with Gasteiger partial charge in [0.2, 0.25) is 11.8 Å². The Kier molecular flexibility index (Phi) is 8.62. The van der Waals surface area contributed by atoms with Crippen molar-refractivity contribution in [3.05, 3.63) is 65.0 Å². The van der Waals surface area contributed by atoms with E-state index in [2.05, 4.69) is 10.2 Å². The highest BCUT2D eigenvalue weighted by molar-refractivity contribution is 5.78. The largest absolute Gasteiger partial charge is 0.497 e. The predicted molar refractivity (Wildman–Crippen MR) is 122 cm³/mol. The molecule has 2 aromatic carbocycles. The average Bonchev–Trinajstić information content (AvgIpc) is 3.04. The summed E-state index contributed by atoms with van der Waals surface area (Å²) in [5, 5.41) is 2.86. The van der Waals surface area contributed by atoms with E-state index < -0.39 is 0 Å². The normalized spacial score (nSPS) is 14.7. The molecular formula is C25H32FN3O3. The zero-order valence-electron chi connectivity index (χ0n) is 18.9. The van der Waals surface area contributed by atoms with Gasteiger partial charge in [-0.05, 0) is 54.7 Å². The van der Waals surface area contributed by atoms with Gasteiger partial charge in [-0.1, -0.05) is 24.3 Å². The molecule has 1 saturated heterocycles. The molecule has 0 radical (unpaired) electrons. The van der Waals surface area contributed by atoms with E-state index >= 15 is 0 Å². The molecule has 1 fully saturated rings. The summed E-state index contributed by atoms with van der Waals surface area (Å²) in [4.78, 5) is 29.0. The van der Waals surface area contributed by atoms with Crippen molar-refractivity contribution in [2.24, 2.45) is 0 Å². The number of benzene rings is 2. The Hall–Kier alpha value is -2.93. The van der Waals surface area contributed by atoms with E-state index in [0.29, 0.717) is 44.6 Å². The fraction of sp³-hybridized carbons (Fsp3) is 0.440. The van der Waals surface area contributed by atoms with Crippen LogP contribution in [0.15, 0.2) is 42.5 Å². The minimum atomic E-state index is -0.263. The predicted octanol–water partition coefficient (Wildman–Crippen LogP) is 2.93. The highest BCUT2D eigenvalue weighted by Crippen LogP contribution is 2.14. The number of carbonyl (C=O) groups excluding carboxylic acids is 2. The molecule has 1 N–H and O–H groups in total. The highest BCUT2D eigenvalue weighted by Gasteiger charge is 2.20. The lowest BCUT2D eigenvalue weighted by atomic mass is 10.1. The van der Waals surface area contributed by atoms with E-state index in [-0.39, 0.29) is 24.2 Å². The third-order valence-corrected chi connectivity index (χ3v) is 5.82. The van der Waals surface area contributed by atoms with Crippen LogP contribution >= 0.6 is 0 Å². The third-order valence-electron chi connectivity index (χ3n) is 5.82. The Labute approximate surface area is 189 Å². The lowest BCUT2D eigenvalue weighted by Gasteiger charge is -2.22. The van der Waals surface area contributed by atoms with E-state index in [1.807, 2.05) is 35.2 Å². The molecule has 1 aliphatic heterocycles. The van der Waals surface area contributed by atoms with Crippen LogP contribution < -0.4 is 10.1 Å². The maximum atomic E-state index is 13.6. The van der Waals surface area contributed by atoms with Gasteiger partial charge in [0.1, 0.15) is 11.6 Å². The fourth-order valence-electron chi connectivity index (χ4n) is 3.79. The first-order valence-electron chi connectivity index (χ1n) is 11.1. The van der Waals surface area contributed by atoms with Crippen molar-refractivity contribution in [2.75, 3.05) is 39.8 Å². The molecule has 0 atom stereocenters. The Morgan fingerprint density at radius 3 is 2.50 bits per heavy atom. The van der Waals surface area contributed by atoms with Crippen LogP contribution in [0.1, 0.15) is 29.5 Å². The van der Waals surface area contributed by atoms with Gasteiger partial charge < -0.3 is 15.0 Å². The summed E-state index contributed by atoms with van der Waals surface area (Å²) >= 11 is 0. The minimum Gasteiger partial charge on any atom is -0.497 e. The van der Waals surface area contributed by atoms with Crippen molar-refractivity contribution >= 4 is 11.8 Å². The molecule has 0 bridgehead atoms. The molecule has 172 valence electrons. The maximum Gasteiger partial charge on any atom is 0.234 e. The van der Waals surface area contributed by atoms with Crippen LogP contribution in [-0.4, -0.2) is 61.4 Å². The summed E-state index contributed by atoms with van der Waals surface area (Å²) in [7, 11) is 1.63. The number of ether oxygens (including phenoxy) is 1. The maximum absolute atomic E-state index is 13.6. The number of aryl methyl sites for hydroxylation is 2. The van der Waals surface area contributed by atoms with Crippen LogP contribution in [0.3, 0.4) is 0 Å². The van der Waals surface area contributed by atoms with Crippen molar-refractivity contribution < 1.29 is 18.7 Å². The summed E-state index contributed by atoms with van der Waals surface area (Å²) in [5.41, 5.74) is 2.44. The van der Waals surface area contributed by atoms with Crippen molar-refractivity contribution in [3.63, 3.8) is 0 Å². The van der Waals surface area contributed by atoms with Gasteiger partial charge >= 0.3 is 0 Å². The first-order valence-corrected chi connectivity index (χ1v) is 11.1. The van der Waals surface area contributed by atoms with E-state index in [0.717, 1.165) is 29.8 Å². The summed E-state index contributed by atoms with van der Waals surface area (Å²) in [6.45, 7) is 5.07. The molecule has 2 amide bonds. The van der Waals surface area contributed by atoms with Gasteiger partial charge in [-0.2, -0.15) is 0 Å². The zero-order chi connectivity index (χ0) is 22.9. The molecular weight excluding hydrogens is 409 g/mol.